The summed E-state index contributed by atoms with van der Waals surface area (Å²) >= 11 is 1.86. The van der Waals surface area contributed by atoms with Gasteiger partial charge in [-0.15, -0.1) is 0 Å². The minimum absolute atomic E-state index is 0.330. The van der Waals surface area contributed by atoms with Crippen molar-refractivity contribution in [3.8, 4) is 0 Å². The predicted molar refractivity (Wildman–Crippen MR) is 63.2 cm³/mol. The number of carbonyl (C=O) groups is 1. The molecule has 0 radical (unpaired) electrons. The van der Waals surface area contributed by atoms with Gasteiger partial charge in [-0.25, -0.2) is 0 Å². The molecule has 86 valence electrons. The van der Waals surface area contributed by atoms with E-state index in [2.05, 4.69) is 0 Å². The summed E-state index contributed by atoms with van der Waals surface area (Å²) in [4.78, 5) is 11.9. The van der Waals surface area contributed by atoms with Crippen LogP contribution in [0.5, 0.6) is 0 Å². The number of rotatable bonds is 5. The van der Waals surface area contributed by atoms with Crippen LogP contribution in [0, 0.1) is 5.92 Å². The number of hydrogen-bond donors (Lipinski definition) is 0. The molecule has 1 atom stereocenters. The van der Waals surface area contributed by atoms with Crippen molar-refractivity contribution in [3.05, 3.63) is 0 Å². The highest BCUT2D eigenvalue weighted by molar-refractivity contribution is 8.00. The molecule has 0 aromatic rings. The van der Waals surface area contributed by atoms with Crippen molar-refractivity contribution < 1.29 is 9.53 Å². The van der Waals surface area contributed by atoms with Gasteiger partial charge in [0.2, 0.25) is 0 Å². The maximum Gasteiger partial charge on any atom is 0.146 e. The molecule has 2 fully saturated rings. The highest BCUT2D eigenvalue weighted by Crippen LogP contribution is 2.35. The van der Waals surface area contributed by atoms with Gasteiger partial charge in [0.15, 0.2) is 0 Å². The van der Waals surface area contributed by atoms with E-state index in [0.29, 0.717) is 23.1 Å². The van der Waals surface area contributed by atoms with Crippen LogP contribution in [0.1, 0.15) is 39.0 Å². The van der Waals surface area contributed by atoms with Crippen LogP contribution in [-0.2, 0) is 9.53 Å². The van der Waals surface area contributed by atoms with Crippen LogP contribution in [0.25, 0.3) is 0 Å². The molecule has 1 saturated carbocycles. The Morgan fingerprint density at radius 1 is 1.47 bits per heavy atom. The molecule has 0 aromatic heterocycles. The first-order valence-electron chi connectivity index (χ1n) is 6.05. The summed E-state index contributed by atoms with van der Waals surface area (Å²) in [5, 5.41) is 0.330. The van der Waals surface area contributed by atoms with Crippen molar-refractivity contribution in [1.82, 2.24) is 0 Å². The highest BCUT2D eigenvalue weighted by Gasteiger charge is 2.33. The largest absolute Gasteiger partial charge is 0.378 e. The lowest BCUT2D eigenvalue weighted by Crippen LogP contribution is -2.34. The summed E-state index contributed by atoms with van der Waals surface area (Å²) in [6.45, 7) is 2.84. The number of carbonyl (C=O) groups excluding carboxylic acids is 1. The first-order chi connectivity index (χ1) is 7.29. The molecule has 0 N–H and O–H groups in total. The molecule has 1 aliphatic carbocycles. The molecule has 2 rings (SSSR count). The average molecular weight is 228 g/mol. The fraction of sp³-hybridized carbons (Fsp3) is 0.917. The van der Waals surface area contributed by atoms with Crippen LogP contribution in [0.3, 0.4) is 0 Å². The number of ether oxygens (including phenoxy) is 1. The van der Waals surface area contributed by atoms with Gasteiger partial charge >= 0.3 is 0 Å². The van der Waals surface area contributed by atoms with Crippen molar-refractivity contribution >= 4 is 17.5 Å². The Morgan fingerprint density at radius 3 is 2.87 bits per heavy atom. The van der Waals surface area contributed by atoms with Gasteiger partial charge in [-0.05, 0) is 44.3 Å². The maximum absolute atomic E-state index is 11.9. The monoisotopic (exact) mass is 228 g/mol. The third-order valence-electron chi connectivity index (χ3n) is 3.37. The van der Waals surface area contributed by atoms with Crippen molar-refractivity contribution in [3.63, 3.8) is 0 Å². The average Bonchev–Trinajstić information content (AvgIpc) is 2.67. The first-order valence-corrected chi connectivity index (χ1v) is 7.10. The third-order valence-corrected chi connectivity index (χ3v) is 4.80. The Balaban J connectivity index is 1.64. The van der Waals surface area contributed by atoms with Crippen LogP contribution in [0.15, 0.2) is 0 Å². The lowest BCUT2D eigenvalue weighted by Gasteiger charge is -2.34. The molecule has 1 unspecified atom stereocenters. The predicted octanol–water partition coefficient (Wildman–Crippen LogP) is 2.66. The molecule has 0 amide bonds. The van der Waals surface area contributed by atoms with E-state index < -0.39 is 0 Å². The van der Waals surface area contributed by atoms with Gasteiger partial charge in [0.05, 0.1) is 11.4 Å². The molecule has 0 bridgehead atoms. The summed E-state index contributed by atoms with van der Waals surface area (Å²) < 4.78 is 5.50. The molecule has 15 heavy (non-hydrogen) atoms. The number of hydrogen-bond acceptors (Lipinski definition) is 3. The van der Waals surface area contributed by atoms with E-state index in [9.17, 15) is 4.79 Å². The fourth-order valence-electron chi connectivity index (χ4n) is 2.46. The fourth-order valence-corrected chi connectivity index (χ4v) is 3.69. The molecule has 1 aliphatic heterocycles. The Labute approximate surface area is 96.1 Å². The van der Waals surface area contributed by atoms with Crippen molar-refractivity contribution in [1.29, 1.82) is 0 Å². The van der Waals surface area contributed by atoms with Gasteiger partial charge in [-0.1, -0.05) is 0 Å². The molecule has 2 nitrogen and oxygen atoms in total. The molecule has 1 heterocycles. The van der Waals surface area contributed by atoms with E-state index in [0.717, 1.165) is 32.3 Å². The molecule has 1 saturated heterocycles. The SMILES string of the molecule is CCOC1CC(CC(=O)C2CCCS2)C1. The van der Waals surface area contributed by atoms with E-state index >= 15 is 0 Å². The van der Waals surface area contributed by atoms with Crippen LogP contribution in [0.2, 0.25) is 0 Å². The second-order valence-electron chi connectivity index (χ2n) is 4.59. The van der Waals surface area contributed by atoms with Gasteiger partial charge in [0, 0.05) is 13.0 Å². The van der Waals surface area contributed by atoms with Gasteiger partial charge in [0.1, 0.15) is 5.78 Å². The minimum atomic E-state index is 0.330. The van der Waals surface area contributed by atoms with Crippen molar-refractivity contribution in [2.24, 2.45) is 5.92 Å². The summed E-state index contributed by atoms with van der Waals surface area (Å²) in [6, 6.07) is 0. The maximum atomic E-state index is 11.9. The first kappa shape index (κ1) is 11.5. The minimum Gasteiger partial charge on any atom is -0.378 e. The zero-order chi connectivity index (χ0) is 10.7. The van der Waals surface area contributed by atoms with Gasteiger partial charge in [0.25, 0.3) is 0 Å². The Hall–Kier alpha value is -0.0200. The number of ketones is 1. The Morgan fingerprint density at radius 2 is 2.27 bits per heavy atom. The standard InChI is InChI=1S/C12H20O2S/c1-2-14-10-6-9(7-10)8-11(13)12-4-3-5-15-12/h9-10,12H,2-8H2,1H3. The summed E-state index contributed by atoms with van der Waals surface area (Å²) in [6.07, 6.45) is 5.82. The van der Waals surface area contributed by atoms with Crippen molar-refractivity contribution in [2.75, 3.05) is 12.4 Å². The summed E-state index contributed by atoms with van der Waals surface area (Å²) in [5.74, 6) is 2.30. The third kappa shape index (κ3) is 2.97. The molecular formula is C12H20O2S. The topological polar surface area (TPSA) is 26.3 Å². The van der Waals surface area contributed by atoms with E-state index in [1.165, 1.54) is 12.2 Å². The van der Waals surface area contributed by atoms with Crippen LogP contribution in [-0.4, -0.2) is 29.5 Å². The number of thioether (sulfide) groups is 1. The number of Topliss-reactive ketones (excluding diaryl/α,β-unsaturated/α-hetero) is 1. The molecule has 2 aliphatic rings. The van der Waals surface area contributed by atoms with E-state index in [4.69, 9.17) is 4.74 Å². The summed E-state index contributed by atoms with van der Waals surface area (Å²) in [5.41, 5.74) is 0. The lowest BCUT2D eigenvalue weighted by molar-refractivity contribution is -0.121. The highest BCUT2D eigenvalue weighted by atomic mass is 32.2. The summed E-state index contributed by atoms with van der Waals surface area (Å²) in [7, 11) is 0. The lowest BCUT2D eigenvalue weighted by atomic mass is 9.78. The van der Waals surface area contributed by atoms with E-state index in [1.807, 2.05) is 18.7 Å². The zero-order valence-electron chi connectivity index (χ0n) is 9.41. The normalized spacial score (nSPS) is 35.1. The van der Waals surface area contributed by atoms with Gasteiger partial charge in [-0.3, -0.25) is 4.79 Å². The van der Waals surface area contributed by atoms with Crippen LogP contribution < -0.4 is 0 Å². The van der Waals surface area contributed by atoms with Crippen molar-refractivity contribution in [2.45, 2.75) is 50.4 Å². The molecular weight excluding hydrogens is 208 g/mol. The molecule has 0 spiro atoms. The Bertz CT molecular complexity index is 218. The molecule has 3 heteroatoms. The smallest absolute Gasteiger partial charge is 0.146 e. The van der Waals surface area contributed by atoms with Gasteiger partial charge in [-0.2, -0.15) is 11.8 Å². The molecule has 0 aromatic carbocycles. The second kappa shape index (κ2) is 5.35. The van der Waals surface area contributed by atoms with E-state index in [1.54, 1.807) is 0 Å². The quantitative estimate of drug-likeness (QED) is 0.723. The van der Waals surface area contributed by atoms with E-state index in [-0.39, 0.29) is 0 Å². The second-order valence-corrected chi connectivity index (χ2v) is 5.90. The Kier molecular flexibility index (Phi) is 4.09. The zero-order valence-corrected chi connectivity index (χ0v) is 10.2. The van der Waals surface area contributed by atoms with Crippen LogP contribution in [0.4, 0.5) is 0 Å². The van der Waals surface area contributed by atoms with Gasteiger partial charge < -0.3 is 4.74 Å². The van der Waals surface area contributed by atoms with Crippen LogP contribution >= 0.6 is 11.8 Å².